The molecule has 0 fully saturated rings. The summed E-state index contributed by atoms with van der Waals surface area (Å²) >= 11 is 8.34. The molecule has 0 bridgehead atoms. The van der Waals surface area contributed by atoms with Gasteiger partial charge >= 0.3 is 0 Å². The predicted molar refractivity (Wildman–Crippen MR) is 120 cm³/mol. The van der Waals surface area contributed by atoms with Gasteiger partial charge in [-0.2, -0.15) is 0 Å². The maximum atomic E-state index is 13.3. The zero-order chi connectivity index (χ0) is 20.1. The summed E-state index contributed by atoms with van der Waals surface area (Å²) in [6.45, 7) is 2.18. The lowest BCUT2D eigenvalue weighted by Crippen LogP contribution is -2.01. The van der Waals surface area contributed by atoms with E-state index in [0.717, 1.165) is 25.9 Å². The van der Waals surface area contributed by atoms with Crippen molar-refractivity contribution in [2.75, 3.05) is 7.11 Å². The summed E-state index contributed by atoms with van der Waals surface area (Å²) in [6.07, 6.45) is 1.76. The van der Waals surface area contributed by atoms with E-state index in [2.05, 4.69) is 27.6 Å². The van der Waals surface area contributed by atoms with E-state index in [-0.39, 0.29) is 12.4 Å². The van der Waals surface area contributed by atoms with Gasteiger partial charge in [-0.25, -0.2) is 4.39 Å². The van der Waals surface area contributed by atoms with Gasteiger partial charge in [0.1, 0.15) is 12.4 Å². The van der Waals surface area contributed by atoms with Gasteiger partial charge in [-0.05, 0) is 82.6 Å². The molecular weight excluding hydrogens is 492 g/mol. The number of hydrogen-bond acceptors (Lipinski definition) is 3. The van der Waals surface area contributed by atoms with E-state index in [1.807, 2.05) is 43.3 Å². The number of halogens is 3. The Morgan fingerprint density at radius 2 is 1.93 bits per heavy atom. The number of aliphatic imine (C=N–C) groups is 1. The Balaban J connectivity index is 1.83. The van der Waals surface area contributed by atoms with Crippen molar-refractivity contribution in [3.05, 3.63) is 85.7 Å². The molecular formula is C22H18ClFINO2. The van der Waals surface area contributed by atoms with Crippen LogP contribution in [0.5, 0.6) is 11.5 Å². The highest BCUT2D eigenvalue weighted by Gasteiger charge is 2.12. The zero-order valence-corrected chi connectivity index (χ0v) is 18.3. The normalized spacial score (nSPS) is 11.0. The summed E-state index contributed by atoms with van der Waals surface area (Å²) in [4.78, 5) is 4.54. The maximum absolute atomic E-state index is 13.3. The van der Waals surface area contributed by atoms with Crippen LogP contribution in [0.3, 0.4) is 0 Å². The van der Waals surface area contributed by atoms with E-state index in [1.165, 1.54) is 12.1 Å². The lowest BCUT2D eigenvalue weighted by atomic mass is 10.2. The van der Waals surface area contributed by atoms with Crippen LogP contribution in [0.25, 0.3) is 0 Å². The molecule has 0 aromatic heterocycles. The summed E-state index contributed by atoms with van der Waals surface area (Å²) < 4.78 is 25.6. The van der Waals surface area contributed by atoms with Gasteiger partial charge in [0.2, 0.25) is 0 Å². The number of methoxy groups -OCH3 is 1. The van der Waals surface area contributed by atoms with Gasteiger partial charge in [-0.1, -0.05) is 29.8 Å². The van der Waals surface area contributed by atoms with E-state index < -0.39 is 0 Å². The van der Waals surface area contributed by atoms with Crippen molar-refractivity contribution < 1.29 is 13.9 Å². The highest BCUT2D eigenvalue weighted by Crippen LogP contribution is 2.34. The van der Waals surface area contributed by atoms with Crippen LogP contribution in [-0.4, -0.2) is 13.3 Å². The van der Waals surface area contributed by atoms with Crippen LogP contribution in [0.2, 0.25) is 5.02 Å². The Hall–Kier alpha value is -2.12. The topological polar surface area (TPSA) is 30.8 Å². The fourth-order valence-corrected chi connectivity index (χ4v) is 3.57. The SMILES string of the molecule is COc1cc(C=Nc2cccc(Cl)c2C)cc(I)c1OCc1cccc(F)c1. The molecule has 0 aliphatic heterocycles. The number of nitrogens with zero attached hydrogens (tertiary/aromatic N) is 1. The zero-order valence-electron chi connectivity index (χ0n) is 15.4. The van der Waals surface area contributed by atoms with E-state index >= 15 is 0 Å². The van der Waals surface area contributed by atoms with Crippen molar-refractivity contribution >= 4 is 46.1 Å². The fourth-order valence-electron chi connectivity index (χ4n) is 2.62. The summed E-state index contributed by atoms with van der Waals surface area (Å²) in [5.41, 5.74) is 3.36. The molecule has 0 saturated carbocycles. The molecule has 0 unspecified atom stereocenters. The van der Waals surface area contributed by atoms with Crippen molar-refractivity contribution in [3.63, 3.8) is 0 Å². The van der Waals surface area contributed by atoms with Gasteiger partial charge in [-0.3, -0.25) is 4.99 Å². The van der Waals surface area contributed by atoms with E-state index in [9.17, 15) is 4.39 Å². The van der Waals surface area contributed by atoms with Gasteiger partial charge in [0, 0.05) is 11.2 Å². The van der Waals surface area contributed by atoms with Crippen LogP contribution < -0.4 is 9.47 Å². The Labute approximate surface area is 182 Å². The summed E-state index contributed by atoms with van der Waals surface area (Å²) in [7, 11) is 1.59. The molecule has 3 aromatic carbocycles. The highest BCUT2D eigenvalue weighted by molar-refractivity contribution is 14.1. The molecule has 0 saturated heterocycles. The molecule has 0 spiro atoms. The molecule has 0 atom stereocenters. The standard InChI is InChI=1S/C22H18ClFINO2/c1-14-18(23)7-4-8-20(14)26-12-16-10-19(25)22(21(11-16)27-2)28-13-15-5-3-6-17(24)9-15/h3-12H,13H2,1-2H3. The van der Waals surface area contributed by atoms with Crippen LogP contribution in [-0.2, 0) is 6.61 Å². The van der Waals surface area contributed by atoms with E-state index in [1.54, 1.807) is 19.4 Å². The molecule has 0 heterocycles. The smallest absolute Gasteiger partial charge is 0.174 e. The highest BCUT2D eigenvalue weighted by atomic mass is 127. The number of hydrogen-bond donors (Lipinski definition) is 0. The second kappa shape index (κ2) is 9.39. The van der Waals surface area contributed by atoms with Gasteiger partial charge in [0.25, 0.3) is 0 Å². The van der Waals surface area contributed by atoms with Crippen LogP contribution in [0.15, 0.2) is 59.6 Å². The molecule has 0 radical (unpaired) electrons. The second-order valence-electron chi connectivity index (χ2n) is 6.09. The molecule has 0 amide bonds. The van der Waals surface area contributed by atoms with Crippen molar-refractivity contribution in [3.8, 4) is 11.5 Å². The summed E-state index contributed by atoms with van der Waals surface area (Å²) in [5.74, 6) is 0.918. The van der Waals surface area contributed by atoms with Crippen LogP contribution in [0.1, 0.15) is 16.7 Å². The minimum atomic E-state index is -0.286. The van der Waals surface area contributed by atoms with Crippen molar-refractivity contribution in [1.82, 2.24) is 0 Å². The molecule has 28 heavy (non-hydrogen) atoms. The Kier molecular flexibility index (Phi) is 6.91. The van der Waals surface area contributed by atoms with Crippen molar-refractivity contribution in [2.24, 2.45) is 4.99 Å². The second-order valence-corrected chi connectivity index (χ2v) is 7.66. The first kappa shape index (κ1) is 20.6. The quantitative estimate of drug-likeness (QED) is 0.272. The molecule has 3 nitrogen and oxygen atoms in total. The minimum Gasteiger partial charge on any atom is -0.493 e. The first-order valence-electron chi connectivity index (χ1n) is 8.52. The summed E-state index contributed by atoms with van der Waals surface area (Å²) in [6, 6.07) is 15.8. The molecule has 0 aliphatic rings. The average Bonchev–Trinajstić information content (AvgIpc) is 2.68. The summed E-state index contributed by atoms with van der Waals surface area (Å²) in [5, 5.41) is 0.683. The Morgan fingerprint density at radius 1 is 1.14 bits per heavy atom. The third kappa shape index (κ3) is 5.02. The van der Waals surface area contributed by atoms with Crippen LogP contribution >= 0.6 is 34.2 Å². The third-order valence-corrected chi connectivity index (χ3v) is 5.33. The number of rotatable bonds is 6. The van der Waals surface area contributed by atoms with Crippen molar-refractivity contribution in [1.29, 1.82) is 0 Å². The molecule has 0 N–H and O–H groups in total. The Bertz CT molecular complexity index is 1020. The fraction of sp³-hybridized carbons (Fsp3) is 0.136. The largest absolute Gasteiger partial charge is 0.493 e. The lowest BCUT2D eigenvalue weighted by Gasteiger charge is -2.13. The van der Waals surface area contributed by atoms with Crippen LogP contribution in [0, 0.1) is 16.3 Å². The molecule has 3 aromatic rings. The first-order chi connectivity index (χ1) is 13.5. The van der Waals surface area contributed by atoms with E-state index in [4.69, 9.17) is 21.1 Å². The van der Waals surface area contributed by atoms with Gasteiger partial charge in [-0.15, -0.1) is 0 Å². The number of benzene rings is 3. The molecule has 0 aliphatic carbocycles. The van der Waals surface area contributed by atoms with Gasteiger partial charge in [0.05, 0.1) is 16.4 Å². The molecule has 6 heteroatoms. The lowest BCUT2D eigenvalue weighted by molar-refractivity contribution is 0.282. The minimum absolute atomic E-state index is 0.249. The molecule has 3 rings (SSSR count). The number of ether oxygens (including phenoxy) is 2. The monoisotopic (exact) mass is 509 g/mol. The first-order valence-corrected chi connectivity index (χ1v) is 9.97. The third-order valence-electron chi connectivity index (χ3n) is 4.12. The Morgan fingerprint density at radius 3 is 2.68 bits per heavy atom. The predicted octanol–water partition coefficient (Wildman–Crippen LogP) is 6.73. The van der Waals surface area contributed by atoms with Crippen molar-refractivity contribution in [2.45, 2.75) is 13.5 Å². The van der Waals surface area contributed by atoms with Gasteiger partial charge in [0.15, 0.2) is 11.5 Å². The van der Waals surface area contributed by atoms with E-state index in [0.29, 0.717) is 16.5 Å². The average molecular weight is 510 g/mol. The maximum Gasteiger partial charge on any atom is 0.174 e. The molecule has 144 valence electrons. The van der Waals surface area contributed by atoms with Crippen LogP contribution in [0.4, 0.5) is 10.1 Å². The van der Waals surface area contributed by atoms with Gasteiger partial charge < -0.3 is 9.47 Å².